The predicted octanol–water partition coefficient (Wildman–Crippen LogP) is 1.02. The lowest BCUT2D eigenvalue weighted by Gasteiger charge is -2.15. The third-order valence-corrected chi connectivity index (χ3v) is 2.16. The normalized spacial score (nSPS) is 12.8. The SMILES string of the molecule is O=C(O)c1cc(NCC(O)C(F)(F)F)ncc1[N+](=O)[O-]. The number of aliphatic hydroxyl groups excluding tert-OH is 1. The molecule has 0 aliphatic carbocycles. The largest absolute Gasteiger partial charge is 0.477 e. The lowest BCUT2D eigenvalue weighted by molar-refractivity contribution is -0.385. The van der Waals surface area contributed by atoms with E-state index < -0.39 is 41.0 Å². The number of hydrogen-bond donors (Lipinski definition) is 3. The molecule has 1 aromatic rings. The van der Waals surface area contributed by atoms with E-state index in [4.69, 9.17) is 10.2 Å². The van der Waals surface area contributed by atoms with Crippen LogP contribution in [0.25, 0.3) is 0 Å². The lowest BCUT2D eigenvalue weighted by Crippen LogP contribution is -2.35. The molecule has 11 heteroatoms. The number of aliphatic hydroxyl groups is 1. The summed E-state index contributed by atoms with van der Waals surface area (Å²) in [7, 11) is 0. The van der Waals surface area contributed by atoms with Crippen molar-refractivity contribution < 1.29 is 33.1 Å². The maximum atomic E-state index is 12.0. The van der Waals surface area contributed by atoms with Crippen molar-refractivity contribution in [2.24, 2.45) is 0 Å². The fourth-order valence-corrected chi connectivity index (χ4v) is 1.18. The van der Waals surface area contributed by atoms with Crippen LogP contribution in [0.5, 0.6) is 0 Å². The highest BCUT2D eigenvalue weighted by molar-refractivity contribution is 5.93. The molecular weight excluding hydrogens is 287 g/mol. The number of anilines is 1. The summed E-state index contributed by atoms with van der Waals surface area (Å²) in [6.07, 6.45) is -6.91. The quantitative estimate of drug-likeness (QED) is 0.547. The van der Waals surface area contributed by atoms with Gasteiger partial charge in [-0.2, -0.15) is 13.2 Å². The first-order valence-corrected chi connectivity index (χ1v) is 4.99. The Balaban J connectivity index is 2.91. The van der Waals surface area contributed by atoms with Gasteiger partial charge in [0, 0.05) is 6.07 Å². The second-order valence-corrected chi connectivity index (χ2v) is 3.59. The highest BCUT2D eigenvalue weighted by Crippen LogP contribution is 2.22. The van der Waals surface area contributed by atoms with Gasteiger partial charge in [-0.25, -0.2) is 9.78 Å². The third-order valence-electron chi connectivity index (χ3n) is 2.16. The topological polar surface area (TPSA) is 126 Å². The van der Waals surface area contributed by atoms with Gasteiger partial charge in [-0.3, -0.25) is 10.1 Å². The van der Waals surface area contributed by atoms with E-state index in [-0.39, 0.29) is 5.82 Å². The maximum absolute atomic E-state index is 12.0. The van der Waals surface area contributed by atoms with Gasteiger partial charge in [0.1, 0.15) is 17.6 Å². The average Bonchev–Trinajstić information content (AvgIpc) is 2.34. The number of rotatable bonds is 5. The van der Waals surface area contributed by atoms with Gasteiger partial charge in [0.15, 0.2) is 6.10 Å². The molecule has 0 radical (unpaired) electrons. The van der Waals surface area contributed by atoms with E-state index in [9.17, 15) is 28.1 Å². The zero-order valence-electron chi connectivity index (χ0n) is 9.59. The van der Waals surface area contributed by atoms with Crippen LogP contribution >= 0.6 is 0 Å². The van der Waals surface area contributed by atoms with E-state index in [0.29, 0.717) is 12.3 Å². The molecule has 0 saturated carbocycles. The number of hydrogen-bond acceptors (Lipinski definition) is 6. The van der Waals surface area contributed by atoms with Gasteiger partial charge in [0.25, 0.3) is 0 Å². The molecular formula is C9H8F3N3O5. The van der Waals surface area contributed by atoms with E-state index in [1.807, 2.05) is 5.32 Å². The number of halogens is 3. The number of carboxylic acids is 1. The van der Waals surface area contributed by atoms with E-state index in [1.54, 1.807) is 0 Å². The zero-order valence-corrected chi connectivity index (χ0v) is 9.59. The Morgan fingerprint density at radius 2 is 2.15 bits per heavy atom. The summed E-state index contributed by atoms with van der Waals surface area (Å²) in [5, 5.41) is 30.1. The number of alkyl halides is 3. The molecule has 0 aliphatic heterocycles. The van der Waals surface area contributed by atoms with Crippen LogP contribution in [0.3, 0.4) is 0 Å². The van der Waals surface area contributed by atoms with Crippen LogP contribution in [-0.4, -0.2) is 44.9 Å². The Labute approximate surface area is 109 Å². The fraction of sp³-hybridized carbons (Fsp3) is 0.333. The van der Waals surface area contributed by atoms with Gasteiger partial charge in [-0.15, -0.1) is 0 Å². The summed E-state index contributed by atoms with van der Waals surface area (Å²) in [6.45, 7) is -0.965. The lowest BCUT2D eigenvalue weighted by atomic mass is 10.2. The van der Waals surface area contributed by atoms with Crippen molar-refractivity contribution in [3.05, 3.63) is 27.9 Å². The summed E-state index contributed by atoms with van der Waals surface area (Å²) in [5.74, 6) is -1.96. The molecule has 20 heavy (non-hydrogen) atoms. The molecule has 8 nitrogen and oxygen atoms in total. The molecule has 110 valence electrons. The molecule has 0 fully saturated rings. The highest BCUT2D eigenvalue weighted by atomic mass is 19.4. The molecule has 0 spiro atoms. The van der Waals surface area contributed by atoms with Gasteiger partial charge in [-0.05, 0) is 0 Å². The second kappa shape index (κ2) is 5.69. The van der Waals surface area contributed by atoms with E-state index in [2.05, 4.69) is 4.98 Å². The Bertz CT molecular complexity index is 534. The molecule has 1 unspecified atom stereocenters. The molecule has 1 heterocycles. The Kier molecular flexibility index (Phi) is 4.45. The van der Waals surface area contributed by atoms with Crippen molar-refractivity contribution in [1.82, 2.24) is 4.98 Å². The minimum Gasteiger partial charge on any atom is -0.477 e. The molecule has 0 saturated heterocycles. The van der Waals surface area contributed by atoms with Crippen LogP contribution in [0.1, 0.15) is 10.4 Å². The van der Waals surface area contributed by atoms with Gasteiger partial charge in [0.2, 0.25) is 0 Å². The summed E-state index contributed by atoms with van der Waals surface area (Å²) in [4.78, 5) is 23.7. The molecule has 0 bridgehead atoms. The highest BCUT2D eigenvalue weighted by Gasteiger charge is 2.38. The number of nitrogens with one attached hydrogen (secondary N) is 1. The first kappa shape index (κ1) is 15.6. The molecule has 1 atom stereocenters. The van der Waals surface area contributed by atoms with Crippen molar-refractivity contribution in [3.8, 4) is 0 Å². The van der Waals surface area contributed by atoms with E-state index in [0.717, 1.165) is 0 Å². The summed E-state index contributed by atoms with van der Waals surface area (Å²) in [5.41, 5.74) is -1.52. The molecule has 0 amide bonds. The van der Waals surface area contributed by atoms with Gasteiger partial charge < -0.3 is 15.5 Å². The molecule has 3 N–H and O–H groups in total. The number of aromatic carboxylic acids is 1. The van der Waals surface area contributed by atoms with Crippen LogP contribution in [0.15, 0.2) is 12.3 Å². The minimum absolute atomic E-state index is 0.337. The number of carbonyl (C=O) groups is 1. The van der Waals surface area contributed by atoms with Crippen molar-refractivity contribution >= 4 is 17.5 Å². The summed E-state index contributed by atoms with van der Waals surface area (Å²) in [6, 6.07) is 0.712. The smallest absolute Gasteiger partial charge is 0.416 e. The van der Waals surface area contributed by atoms with E-state index >= 15 is 0 Å². The fourth-order valence-electron chi connectivity index (χ4n) is 1.18. The van der Waals surface area contributed by atoms with Crippen molar-refractivity contribution in [1.29, 1.82) is 0 Å². The zero-order chi connectivity index (χ0) is 15.5. The predicted molar refractivity (Wildman–Crippen MR) is 58.4 cm³/mol. The van der Waals surface area contributed by atoms with E-state index in [1.165, 1.54) is 0 Å². The monoisotopic (exact) mass is 295 g/mol. The van der Waals surface area contributed by atoms with Crippen LogP contribution in [0.4, 0.5) is 24.7 Å². The van der Waals surface area contributed by atoms with Crippen LogP contribution in [0.2, 0.25) is 0 Å². The number of nitrogens with zero attached hydrogens (tertiary/aromatic N) is 2. The minimum atomic E-state index is -4.84. The Morgan fingerprint density at radius 1 is 1.55 bits per heavy atom. The first-order valence-electron chi connectivity index (χ1n) is 4.99. The van der Waals surface area contributed by atoms with Crippen LogP contribution in [-0.2, 0) is 0 Å². The molecule has 0 aliphatic rings. The number of aromatic nitrogens is 1. The van der Waals surface area contributed by atoms with Crippen molar-refractivity contribution in [2.45, 2.75) is 12.3 Å². The van der Waals surface area contributed by atoms with Gasteiger partial charge >= 0.3 is 17.8 Å². The Hall–Kier alpha value is -2.43. The van der Waals surface area contributed by atoms with Crippen molar-refractivity contribution in [2.75, 3.05) is 11.9 Å². The first-order chi connectivity index (χ1) is 9.12. The Morgan fingerprint density at radius 3 is 2.60 bits per heavy atom. The molecule has 1 rings (SSSR count). The molecule has 0 aromatic carbocycles. The van der Waals surface area contributed by atoms with Crippen molar-refractivity contribution in [3.63, 3.8) is 0 Å². The van der Waals surface area contributed by atoms with Crippen LogP contribution < -0.4 is 5.32 Å². The average molecular weight is 295 g/mol. The van der Waals surface area contributed by atoms with Gasteiger partial charge in [-0.1, -0.05) is 0 Å². The number of nitro groups is 1. The summed E-state index contributed by atoms with van der Waals surface area (Å²) >= 11 is 0. The molecule has 1 aromatic heterocycles. The third kappa shape index (κ3) is 3.78. The van der Waals surface area contributed by atoms with Gasteiger partial charge in [0.05, 0.1) is 11.5 Å². The van der Waals surface area contributed by atoms with Crippen LogP contribution in [0, 0.1) is 10.1 Å². The second-order valence-electron chi connectivity index (χ2n) is 3.59. The summed E-state index contributed by atoms with van der Waals surface area (Å²) < 4.78 is 36.1. The number of pyridine rings is 1. The number of carboxylic acid groups (broad SMARTS) is 1. The maximum Gasteiger partial charge on any atom is 0.416 e. The standard InChI is InChI=1S/C9H8F3N3O5/c10-9(11,12)6(16)3-14-7-1-4(8(17)18)5(2-13-7)15(19)20/h1-2,6,16H,3H2,(H,13,14)(H,17,18).